The van der Waals surface area contributed by atoms with Crippen molar-refractivity contribution in [3.05, 3.63) is 108 Å². The predicted molar refractivity (Wildman–Crippen MR) is 163 cm³/mol. The number of carbonyl (C=O) groups is 2. The number of nitrogen functional groups attached to an aromatic ring is 1. The molecule has 3 aromatic heterocycles. The normalized spacial score (nSPS) is 13.6. The van der Waals surface area contributed by atoms with Crippen LogP contribution in [0.15, 0.2) is 89.6 Å². The van der Waals surface area contributed by atoms with Crippen LogP contribution in [-0.2, 0) is 16.0 Å². The smallest absolute Gasteiger partial charge is 0.255 e. The van der Waals surface area contributed by atoms with Gasteiger partial charge in [-0.25, -0.2) is 9.37 Å². The summed E-state index contributed by atoms with van der Waals surface area (Å²) in [7, 11) is 0. The number of morpholine rings is 1. The number of pyridine rings is 2. The monoisotopic (exact) mass is 576 g/mol. The lowest BCUT2D eigenvalue weighted by Crippen LogP contribution is -2.40. The van der Waals surface area contributed by atoms with Gasteiger partial charge in [0.1, 0.15) is 23.0 Å². The Kier molecular flexibility index (Phi) is 8.06. The number of aromatic nitrogens is 2. The first-order chi connectivity index (χ1) is 20.9. The van der Waals surface area contributed by atoms with Crippen LogP contribution in [0.2, 0.25) is 0 Å². The molecule has 0 radical (unpaired) electrons. The lowest BCUT2D eigenvalue weighted by atomic mass is 9.98. The highest BCUT2D eigenvalue weighted by atomic mass is 19.1. The van der Waals surface area contributed by atoms with E-state index in [1.807, 2.05) is 24.3 Å². The van der Waals surface area contributed by atoms with Crippen molar-refractivity contribution in [1.29, 1.82) is 0 Å². The summed E-state index contributed by atoms with van der Waals surface area (Å²) in [5.74, 6) is 0.625. The fraction of sp³-hybridized carbons (Fsp3) is 0.176. The highest BCUT2D eigenvalue weighted by Gasteiger charge is 2.19. The van der Waals surface area contributed by atoms with Crippen LogP contribution < -0.4 is 5.73 Å². The van der Waals surface area contributed by atoms with Gasteiger partial charge in [-0.05, 0) is 77.9 Å². The van der Waals surface area contributed by atoms with Crippen molar-refractivity contribution < 1.29 is 23.1 Å². The van der Waals surface area contributed by atoms with Crippen LogP contribution in [0.3, 0.4) is 0 Å². The molecule has 6 rings (SSSR count). The molecular formula is C34H29FN4O4. The van der Waals surface area contributed by atoms with Gasteiger partial charge in [0.15, 0.2) is 5.78 Å². The molecule has 1 saturated heterocycles. The minimum Gasteiger partial charge on any atom is -0.460 e. The zero-order chi connectivity index (χ0) is 29.8. The van der Waals surface area contributed by atoms with E-state index in [-0.39, 0.29) is 23.9 Å². The highest BCUT2D eigenvalue weighted by Crippen LogP contribution is 2.36. The van der Waals surface area contributed by atoms with Gasteiger partial charge < -0.3 is 19.8 Å². The molecule has 0 unspecified atom stereocenters. The maximum atomic E-state index is 13.7. The average molecular weight is 577 g/mol. The van der Waals surface area contributed by atoms with Crippen LogP contribution in [0, 0.1) is 5.82 Å². The number of allylic oxidation sites excluding steroid dienone is 1. The molecule has 1 amide bonds. The number of aryl methyl sites for hydroxylation is 1. The molecule has 2 N–H and O–H groups in total. The number of rotatable bonds is 8. The number of amides is 1. The molecule has 0 spiro atoms. The van der Waals surface area contributed by atoms with E-state index in [0.29, 0.717) is 61.1 Å². The second-order valence-corrected chi connectivity index (χ2v) is 10.3. The number of ether oxygens (including phenoxy) is 1. The number of furan rings is 1. The van der Waals surface area contributed by atoms with Crippen LogP contribution >= 0.6 is 0 Å². The number of fused-ring (bicyclic) bond motifs is 1. The number of halogens is 1. The molecule has 9 heteroatoms. The average Bonchev–Trinajstić information content (AvgIpc) is 3.47. The van der Waals surface area contributed by atoms with Gasteiger partial charge in [0.25, 0.3) is 5.91 Å². The SMILES string of the molecule is Nc1ccc(/C=C/C(=O)CCc2cc3cc(-c4ccc(C(=O)N5CCOCC5)cn4)cc(-c4ccc(F)cc4)c3o2)cn1. The summed E-state index contributed by atoms with van der Waals surface area (Å²) in [6.45, 7) is 2.18. The van der Waals surface area contributed by atoms with Gasteiger partial charge in [-0.1, -0.05) is 12.1 Å². The summed E-state index contributed by atoms with van der Waals surface area (Å²) >= 11 is 0. The fourth-order valence-electron chi connectivity index (χ4n) is 5.00. The largest absolute Gasteiger partial charge is 0.460 e. The molecule has 8 nitrogen and oxygen atoms in total. The van der Waals surface area contributed by atoms with E-state index in [2.05, 4.69) is 9.97 Å². The van der Waals surface area contributed by atoms with E-state index in [0.717, 1.165) is 27.6 Å². The lowest BCUT2D eigenvalue weighted by Gasteiger charge is -2.26. The maximum absolute atomic E-state index is 13.7. The van der Waals surface area contributed by atoms with Gasteiger partial charge in [0.2, 0.25) is 0 Å². The lowest BCUT2D eigenvalue weighted by molar-refractivity contribution is -0.114. The minimum absolute atomic E-state index is 0.0485. The zero-order valence-corrected chi connectivity index (χ0v) is 23.3. The topological polar surface area (TPSA) is 112 Å². The summed E-state index contributed by atoms with van der Waals surface area (Å²) in [6.07, 6.45) is 7.10. The Bertz CT molecular complexity index is 1790. The Morgan fingerprint density at radius 2 is 1.74 bits per heavy atom. The number of nitrogens with zero attached hydrogens (tertiary/aromatic N) is 3. The first-order valence-corrected chi connectivity index (χ1v) is 14.0. The van der Waals surface area contributed by atoms with Crippen molar-refractivity contribution in [1.82, 2.24) is 14.9 Å². The number of carbonyl (C=O) groups excluding carboxylic acids is 2. The molecule has 1 aliphatic heterocycles. The van der Waals surface area contributed by atoms with Crippen molar-refractivity contribution in [3.63, 3.8) is 0 Å². The molecule has 216 valence electrons. The second-order valence-electron chi connectivity index (χ2n) is 10.3. The van der Waals surface area contributed by atoms with Crippen LogP contribution in [-0.4, -0.2) is 52.9 Å². The molecule has 0 aliphatic carbocycles. The first kappa shape index (κ1) is 28.0. The molecule has 1 aliphatic rings. The fourth-order valence-corrected chi connectivity index (χ4v) is 5.00. The van der Waals surface area contributed by atoms with Gasteiger partial charge in [-0.2, -0.15) is 0 Å². The molecule has 0 atom stereocenters. The molecule has 0 bridgehead atoms. The Hall–Kier alpha value is -5.15. The first-order valence-electron chi connectivity index (χ1n) is 14.0. The number of hydrogen-bond acceptors (Lipinski definition) is 7. The van der Waals surface area contributed by atoms with Crippen LogP contribution in [0.25, 0.3) is 39.4 Å². The van der Waals surface area contributed by atoms with Crippen molar-refractivity contribution in [2.45, 2.75) is 12.8 Å². The summed E-state index contributed by atoms with van der Waals surface area (Å²) < 4.78 is 25.3. The third-order valence-corrected chi connectivity index (χ3v) is 7.32. The van der Waals surface area contributed by atoms with E-state index in [1.165, 1.54) is 18.2 Å². The van der Waals surface area contributed by atoms with Gasteiger partial charge >= 0.3 is 0 Å². The molecular weight excluding hydrogens is 547 g/mol. The molecule has 2 aromatic carbocycles. The molecule has 5 aromatic rings. The van der Waals surface area contributed by atoms with Crippen molar-refractivity contribution in [2.24, 2.45) is 0 Å². The van der Waals surface area contributed by atoms with E-state index >= 15 is 0 Å². The maximum Gasteiger partial charge on any atom is 0.255 e. The number of nitrogens with two attached hydrogens (primary N) is 1. The quantitative estimate of drug-likeness (QED) is 0.227. The summed E-state index contributed by atoms with van der Waals surface area (Å²) in [5.41, 5.74) is 10.6. The van der Waals surface area contributed by atoms with E-state index < -0.39 is 0 Å². The number of ketones is 1. The van der Waals surface area contributed by atoms with E-state index in [9.17, 15) is 14.0 Å². The third-order valence-electron chi connectivity index (χ3n) is 7.32. The second kappa shape index (κ2) is 12.4. The number of hydrogen-bond donors (Lipinski definition) is 1. The van der Waals surface area contributed by atoms with Crippen molar-refractivity contribution in [2.75, 3.05) is 32.0 Å². The number of benzene rings is 2. The van der Waals surface area contributed by atoms with E-state index in [4.69, 9.17) is 14.9 Å². The molecule has 43 heavy (non-hydrogen) atoms. The Morgan fingerprint density at radius 3 is 2.47 bits per heavy atom. The zero-order valence-electron chi connectivity index (χ0n) is 23.3. The molecule has 1 fully saturated rings. The number of anilines is 1. The Labute approximate surface area is 247 Å². The van der Waals surface area contributed by atoms with Gasteiger partial charge in [0.05, 0.1) is 24.5 Å². The minimum atomic E-state index is -0.334. The Morgan fingerprint density at radius 1 is 0.930 bits per heavy atom. The highest BCUT2D eigenvalue weighted by molar-refractivity contribution is 5.98. The standard InChI is InChI=1S/C34H29FN4O4/c35-27-6-3-23(4-7-27)30-19-25(31-11-5-24(21-37-31)34(41)39-13-15-42-16-14-39)17-26-18-29(43-33(26)30)10-9-28(40)8-1-22-2-12-32(36)38-20-22/h1-8,11-12,17-21H,9-10,13-16H2,(H2,36,38)/b8-1+. The molecule has 0 saturated carbocycles. The summed E-state index contributed by atoms with van der Waals surface area (Å²) in [6, 6.07) is 19.1. The van der Waals surface area contributed by atoms with Crippen LogP contribution in [0.1, 0.15) is 28.1 Å². The van der Waals surface area contributed by atoms with Gasteiger partial charge in [-0.3, -0.25) is 14.6 Å². The van der Waals surface area contributed by atoms with Crippen LogP contribution in [0.5, 0.6) is 0 Å². The summed E-state index contributed by atoms with van der Waals surface area (Å²) in [5, 5.41) is 0.832. The van der Waals surface area contributed by atoms with Gasteiger partial charge in [0, 0.05) is 54.8 Å². The van der Waals surface area contributed by atoms with Crippen molar-refractivity contribution >= 4 is 34.6 Å². The van der Waals surface area contributed by atoms with Crippen LogP contribution in [0.4, 0.5) is 10.2 Å². The summed E-state index contributed by atoms with van der Waals surface area (Å²) in [4.78, 5) is 35.8. The van der Waals surface area contributed by atoms with Crippen molar-refractivity contribution in [3.8, 4) is 22.4 Å². The predicted octanol–water partition coefficient (Wildman–Crippen LogP) is 5.97. The third kappa shape index (κ3) is 6.52. The van der Waals surface area contributed by atoms with E-state index in [1.54, 1.807) is 53.7 Å². The Balaban J connectivity index is 1.26. The van der Waals surface area contributed by atoms with Gasteiger partial charge in [-0.15, -0.1) is 0 Å². The molecule has 4 heterocycles.